The van der Waals surface area contributed by atoms with Gasteiger partial charge in [0.05, 0.1) is 5.56 Å². The highest BCUT2D eigenvalue weighted by Gasteiger charge is 2.10. The van der Waals surface area contributed by atoms with E-state index < -0.39 is 11.9 Å². The largest absolute Gasteiger partial charge is 0.478 e. The lowest BCUT2D eigenvalue weighted by Crippen LogP contribution is -2.10. The normalized spacial score (nSPS) is 10.6. The second-order valence-electron chi connectivity index (χ2n) is 5.40. The molecule has 124 valence electrons. The lowest BCUT2D eigenvalue weighted by atomic mass is 10.1. The van der Waals surface area contributed by atoms with Crippen LogP contribution < -0.4 is 4.90 Å². The average molecular weight is 325 g/mol. The lowest BCUT2D eigenvalue weighted by Gasteiger charge is -2.14. The van der Waals surface area contributed by atoms with Gasteiger partial charge in [0, 0.05) is 25.9 Å². The summed E-state index contributed by atoms with van der Waals surface area (Å²) in [4.78, 5) is 25.0. The van der Waals surface area contributed by atoms with Gasteiger partial charge in [-0.05, 0) is 29.3 Å². The summed E-state index contributed by atoms with van der Waals surface area (Å²) in [5.74, 6) is -1.57. The Balaban J connectivity index is 2.07. The van der Waals surface area contributed by atoms with E-state index >= 15 is 0 Å². The van der Waals surface area contributed by atoms with Gasteiger partial charge >= 0.3 is 11.9 Å². The van der Waals surface area contributed by atoms with Crippen molar-refractivity contribution in [3.05, 3.63) is 71.3 Å². The Hall–Kier alpha value is -3.08. The van der Waals surface area contributed by atoms with Crippen LogP contribution >= 0.6 is 0 Å². The summed E-state index contributed by atoms with van der Waals surface area (Å²) in [6.45, 7) is 0.176. The van der Waals surface area contributed by atoms with Crippen LogP contribution in [0.2, 0.25) is 0 Å². The van der Waals surface area contributed by atoms with Gasteiger partial charge in [0.25, 0.3) is 0 Å². The van der Waals surface area contributed by atoms with Crippen molar-refractivity contribution >= 4 is 23.7 Å². The molecule has 2 rings (SSSR count). The molecular weight excluding hydrogens is 306 g/mol. The highest BCUT2D eigenvalue weighted by molar-refractivity contribution is 5.95. The topological polar surface area (TPSA) is 66.8 Å². The number of carboxylic acids is 1. The molecule has 0 spiro atoms. The first-order valence-electron chi connectivity index (χ1n) is 7.41. The second kappa shape index (κ2) is 7.97. The maximum atomic E-state index is 11.8. The maximum absolute atomic E-state index is 11.8. The maximum Gasteiger partial charge on any atom is 0.336 e. The Bertz CT molecular complexity index is 751. The van der Waals surface area contributed by atoms with E-state index in [0.717, 1.165) is 11.3 Å². The molecule has 0 aromatic heterocycles. The van der Waals surface area contributed by atoms with Gasteiger partial charge in [-0.3, -0.25) is 0 Å². The van der Waals surface area contributed by atoms with Gasteiger partial charge < -0.3 is 14.7 Å². The van der Waals surface area contributed by atoms with Crippen molar-refractivity contribution < 1.29 is 19.4 Å². The molecule has 5 nitrogen and oxygen atoms in total. The van der Waals surface area contributed by atoms with E-state index in [2.05, 4.69) is 0 Å². The minimum absolute atomic E-state index is 0.133. The molecule has 0 atom stereocenters. The summed E-state index contributed by atoms with van der Waals surface area (Å²) < 4.78 is 5.13. The molecule has 0 radical (unpaired) electrons. The Morgan fingerprint density at radius 1 is 1.12 bits per heavy atom. The molecular formula is C19H19NO4. The summed E-state index contributed by atoms with van der Waals surface area (Å²) >= 11 is 0. The molecule has 0 saturated heterocycles. The van der Waals surface area contributed by atoms with E-state index in [0.29, 0.717) is 5.56 Å². The van der Waals surface area contributed by atoms with Crippen LogP contribution in [0.1, 0.15) is 21.5 Å². The van der Waals surface area contributed by atoms with Crippen LogP contribution in [0.3, 0.4) is 0 Å². The summed E-state index contributed by atoms with van der Waals surface area (Å²) in [5.41, 5.74) is 2.25. The van der Waals surface area contributed by atoms with Gasteiger partial charge in [-0.2, -0.15) is 0 Å². The second-order valence-corrected chi connectivity index (χ2v) is 5.40. The van der Waals surface area contributed by atoms with Crippen LogP contribution in [0.5, 0.6) is 0 Å². The minimum Gasteiger partial charge on any atom is -0.478 e. The molecule has 0 aliphatic rings. The smallest absolute Gasteiger partial charge is 0.336 e. The fraction of sp³-hybridized carbons (Fsp3) is 0.158. The van der Waals surface area contributed by atoms with E-state index in [1.165, 1.54) is 12.2 Å². The zero-order valence-corrected chi connectivity index (χ0v) is 13.6. The fourth-order valence-electron chi connectivity index (χ4n) is 2.09. The first-order chi connectivity index (χ1) is 11.5. The SMILES string of the molecule is CN(C)c1ccc(/C=C/C(=O)OCc2ccccc2)c(C(=O)O)c1. The molecule has 1 N–H and O–H groups in total. The molecule has 0 amide bonds. The van der Waals surface area contributed by atoms with Crippen LogP contribution in [-0.4, -0.2) is 31.1 Å². The summed E-state index contributed by atoms with van der Waals surface area (Å²) in [7, 11) is 3.66. The third kappa shape index (κ3) is 4.71. The predicted molar refractivity (Wildman–Crippen MR) is 93.0 cm³/mol. The van der Waals surface area contributed by atoms with Gasteiger partial charge in [0.15, 0.2) is 0 Å². The number of hydrogen-bond acceptors (Lipinski definition) is 4. The highest BCUT2D eigenvalue weighted by atomic mass is 16.5. The van der Waals surface area contributed by atoms with E-state index in [4.69, 9.17) is 4.74 Å². The molecule has 0 saturated carbocycles. The number of carbonyl (C=O) groups excluding carboxylic acids is 1. The van der Waals surface area contributed by atoms with Gasteiger partial charge in [-0.25, -0.2) is 9.59 Å². The number of rotatable bonds is 6. The Labute approximate surface area is 140 Å². The van der Waals surface area contributed by atoms with Crippen LogP contribution in [-0.2, 0) is 16.1 Å². The zero-order valence-electron chi connectivity index (χ0n) is 13.6. The molecule has 2 aromatic carbocycles. The average Bonchev–Trinajstić information content (AvgIpc) is 2.58. The number of ether oxygens (including phenoxy) is 1. The van der Waals surface area contributed by atoms with Gasteiger partial charge in [0.1, 0.15) is 6.61 Å². The number of nitrogens with zero attached hydrogens (tertiary/aromatic N) is 1. The molecule has 24 heavy (non-hydrogen) atoms. The number of anilines is 1. The van der Waals surface area contributed by atoms with Crippen molar-refractivity contribution in [1.29, 1.82) is 0 Å². The van der Waals surface area contributed by atoms with Crippen LogP contribution in [0.4, 0.5) is 5.69 Å². The summed E-state index contributed by atoms with van der Waals surface area (Å²) in [5, 5.41) is 9.32. The van der Waals surface area contributed by atoms with E-state index in [-0.39, 0.29) is 12.2 Å². The van der Waals surface area contributed by atoms with Crippen molar-refractivity contribution in [2.45, 2.75) is 6.61 Å². The molecule has 5 heteroatoms. The van der Waals surface area contributed by atoms with Gasteiger partial charge in [-0.15, -0.1) is 0 Å². The quantitative estimate of drug-likeness (QED) is 0.652. The highest BCUT2D eigenvalue weighted by Crippen LogP contribution is 2.19. The number of esters is 1. The zero-order chi connectivity index (χ0) is 17.5. The number of carboxylic acid groups (broad SMARTS) is 1. The van der Waals surface area contributed by atoms with Crippen LogP contribution in [0, 0.1) is 0 Å². The van der Waals surface area contributed by atoms with Crippen molar-refractivity contribution in [3.63, 3.8) is 0 Å². The van der Waals surface area contributed by atoms with E-state index in [9.17, 15) is 14.7 Å². The third-order valence-electron chi connectivity index (χ3n) is 3.41. The van der Waals surface area contributed by atoms with Crippen molar-refractivity contribution in [3.8, 4) is 0 Å². The minimum atomic E-state index is -1.05. The Kier molecular flexibility index (Phi) is 5.73. The first kappa shape index (κ1) is 17.3. The predicted octanol–water partition coefficient (Wildman–Crippen LogP) is 3.21. The van der Waals surface area contributed by atoms with Crippen LogP contribution in [0.15, 0.2) is 54.6 Å². The van der Waals surface area contributed by atoms with E-state index in [1.54, 1.807) is 18.2 Å². The molecule has 0 bridgehead atoms. The van der Waals surface area contributed by atoms with Crippen LogP contribution in [0.25, 0.3) is 6.08 Å². The van der Waals surface area contributed by atoms with Gasteiger partial charge in [0.2, 0.25) is 0 Å². The third-order valence-corrected chi connectivity index (χ3v) is 3.41. The summed E-state index contributed by atoms with van der Waals surface area (Å²) in [6.07, 6.45) is 2.69. The van der Waals surface area contributed by atoms with Crippen molar-refractivity contribution in [2.75, 3.05) is 19.0 Å². The number of benzene rings is 2. The molecule has 0 unspecified atom stereocenters. The Morgan fingerprint density at radius 3 is 2.46 bits per heavy atom. The standard InChI is InChI=1S/C19H19NO4/c1-20(2)16-10-8-15(17(12-16)19(22)23)9-11-18(21)24-13-14-6-4-3-5-7-14/h3-12H,13H2,1-2H3,(H,22,23)/b11-9+. The van der Waals surface area contributed by atoms with E-state index in [1.807, 2.05) is 49.3 Å². The molecule has 2 aromatic rings. The fourth-order valence-corrected chi connectivity index (χ4v) is 2.09. The van der Waals surface area contributed by atoms with Gasteiger partial charge in [-0.1, -0.05) is 36.4 Å². The number of hydrogen-bond donors (Lipinski definition) is 1. The molecule has 0 aliphatic carbocycles. The van der Waals surface area contributed by atoms with Crippen molar-refractivity contribution in [2.24, 2.45) is 0 Å². The monoisotopic (exact) mass is 325 g/mol. The van der Waals surface area contributed by atoms with Crippen molar-refractivity contribution in [1.82, 2.24) is 0 Å². The molecule has 0 aliphatic heterocycles. The number of carbonyl (C=O) groups is 2. The Morgan fingerprint density at radius 2 is 1.83 bits per heavy atom. The summed E-state index contributed by atoms with van der Waals surface area (Å²) in [6, 6.07) is 14.4. The molecule has 0 heterocycles. The first-order valence-corrected chi connectivity index (χ1v) is 7.41. The number of aromatic carboxylic acids is 1. The lowest BCUT2D eigenvalue weighted by molar-refractivity contribution is -0.138. The molecule has 0 fully saturated rings.